The maximum atomic E-state index is 10.9. The molecule has 0 spiro atoms. The molecule has 8 heteroatoms. The monoisotopic (exact) mass is 223 g/mol. The summed E-state index contributed by atoms with van der Waals surface area (Å²) in [6.07, 6.45) is 2.61. The van der Waals surface area contributed by atoms with Gasteiger partial charge in [0.15, 0.2) is 0 Å². The third kappa shape index (κ3) is 1.87. The quantitative estimate of drug-likeness (QED) is 0.699. The van der Waals surface area contributed by atoms with Crippen molar-refractivity contribution in [3.63, 3.8) is 0 Å². The molecular weight excluding hydrogens is 216 g/mol. The number of nitrogens with zero attached hydrogens (tertiary/aromatic N) is 4. The molecule has 2 heterocycles. The van der Waals surface area contributed by atoms with Crippen LogP contribution in [0.3, 0.4) is 0 Å². The molecule has 0 fully saturated rings. The van der Waals surface area contributed by atoms with Crippen LogP contribution >= 0.6 is 11.3 Å². The van der Waals surface area contributed by atoms with Crippen molar-refractivity contribution in [2.75, 3.05) is 11.1 Å². The van der Waals surface area contributed by atoms with E-state index in [0.717, 1.165) is 0 Å². The van der Waals surface area contributed by atoms with Crippen LogP contribution in [0.15, 0.2) is 6.07 Å². The maximum absolute atomic E-state index is 10.9. The molecule has 1 amide bonds. The van der Waals surface area contributed by atoms with E-state index in [4.69, 9.17) is 5.73 Å². The second-order valence-electron chi connectivity index (χ2n) is 2.67. The zero-order valence-corrected chi connectivity index (χ0v) is 8.58. The number of carbonyl (C=O) groups excluding carboxylic acids is 1. The number of rotatable bonds is 2. The number of nitrogens with one attached hydrogen (secondary N) is 1. The molecule has 0 aliphatic rings. The van der Waals surface area contributed by atoms with Crippen molar-refractivity contribution in [3.8, 4) is 5.13 Å². The van der Waals surface area contributed by atoms with Gasteiger partial charge in [-0.15, -0.1) is 10.2 Å². The molecule has 7 nitrogen and oxygen atoms in total. The molecule has 3 N–H and O–H groups in total. The first-order valence-electron chi connectivity index (χ1n) is 4.00. The zero-order valence-electron chi connectivity index (χ0n) is 7.76. The lowest BCUT2D eigenvalue weighted by Crippen LogP contribution is -2.16. The Kier molecular flexibility index (Phi) is 2.23. The second-order valence-corrected chi connectivity index (χ2v) is 3.66. The Morgan fingerprint density at radius 2 is 2.53 bits per heavy atom. The zero-order chi connectivity index (χ0) is 10.8. The van der Waals surface area contributed by atoms with Crippen molar-refractivity contribution in [1.29, 1.82) is 0 Å². The highest BCUT2D eigenvalue weighted by Crippen LogP contribution is 2.17. The average Bonchev–Trinajstić information content (AvgIpc) is 2.72. The van der Waals surface area contributed by atoms with Crippen LogP contribution in [-0.4, -0.2) is 20.8 Å². The van der Waals surface area contributed by atoms with Crippen LogP contribution in [0.5, 0.6) is 0 Å². The number of amides is 1. The molecule has 0 aliphatic heterocycles. The summed E-state index contributed by atoms with van der Waals surface area (Å²) in [7, 11) is 0. The fourth-order valence-electron chi connectivity index (χ4n) is 0.990. The molecule has 0 saturated carbocycles. The van der Waals surface area contributed by atoms with Crippen LogP contribution < -0.4 is 16.1 Å². The second kappa shape index (κ2) is 3.55. The average molecular weight is 223 g/mol. The standard InChI is InChI=1S/C7H6N6OS/c1-4(14)10-5-2-3-9-13(5)7-12-11-6(8)15-7/h2H,1H3,(H2,8,11)/p+1. The van der Waals surface area contributed by atoms with Crippen LogP contribution in [0.4, 0.5) is 10.9 Å². The van der Waals surface area contributed by atoms with Gasteiger partial charge in [-0.25, -0.2) is 0 Å². The predicted octanol–water partition coefficient (Wildman–Crippen LogP) is -0.731. The Hall–Kier alpha value is -2.14. The summed E-state index contributed by atoms with van der Waals surface area (Å²) in [6.45, 7) is 1.41. The number of nitrogen functional groups attached to an aromatic ring is 1. The molecule has 0 aliphatic carbocycles. The lowest BCUT2D eigenvalue weighted by Gasteiger charge is -1.94. The summed E-state index contributed by atoms with van der Waals surface area (Å²) >= 11 is 1.17. The van der Waals surface area contributed by atoms with Crippen LogP contribution in [0.1, 0.15) is 6.92 Å². The summed E-state index contributed by atoms with van der Waals surface area (Å²) in [5, 5.41) is 14.7. The first-order chi connectivity index (χ1) is 7.16. The molecule has 0 atom stereocenters. The molecule has 76 valence electrons. The highest BCUT2D eigenvalue weighted by atomic mass is 32.1. The van der Waals surface area contributed by atoms with Gasteiger partial charge < -0.3 is 11.1 Å². The molecule has 2 aromatic heterocycles. The van der Waals surface area contributed by atoms with E-state index in [-0.39, 0.29) is 5.91 Å². The van der Waals surface area contributed by atoms with Gasteiger partial charge in [0.05, 0.1) is 0 Å². The van der Waals surface area contributed by atoms with Gasteiger partial charge in [0.25, 0.3) is 5.13 Å². The van der Waals surface area contributed by atoms with Crippen molar-refractivity contribution in [1.82, 2.24) is 14.9 Å². The number of aromatic nitrogens is 4. The Morgan fingerprint density at radius 1 is 1.73 bits per heavy atom. The van der Waals surface area contributed by atoms with Gasteiger partial charge in [-0.05, 0) is 0 Å². The van der Waals surface area contributed by atoms with Gasteiger partial charge in [0.1, 0.15) is 11.2 Å². The van der Waals surface area contributed by atoms with Crippen molar-refractivity contribution in [2.45, 2.75) is 6.92 Å². The fourth-order valence-corrected chi connectivity index (χ4v) is 1.57. The topological polar surface area (TPSA) is 99.9 Å². The van der Waals surface area contributed by atoms with Gasteiger partial charge >= 0.3 is 6.20 Å². The van der Waals surface area contributed by atoms with Crippen LogP contribution in [-0.2, 0) is 4.79 Å². The lowest BCUT2D eigenvalue weighted by atomic mass is 10.6. The summed E-state index contributed by atoms with van der Waals surface area (Å²) in [5.41, 5.74) is 5.44. The van der Waals surface area contributed by atoms with Crippen LogP contribution in [0.2, 0.25) is 0 Å². The van der Waals surface area contributed by atoms with Gasteiger partial charge in [0, 0.05) is 11.6 Å². The van der Waals surface area contributed by atoms with E-state index in [1.54, 1.807) is 6.07 Å². The highest BCUT2D eigenvalue weighted by Gasteiger charge is 2.17. The molecule has 0 unspecified atom stereocenters. The largest absolute Gasteiger partial charge is 0.374 e. The number of hydrogen-bond donors (Lipinski definition) is 2. The number of hydrogen-bond acceptors (Lipinski definition) is 5. The van der Waals surface area contributed by atoms with Crippen molar-refractivity contribution >= 4 is 28.2 Å². The first-order valence-corrected chi connectivity index (χ1v) is 4.81. The van der Waals surface area contributed by atoms with E-state index in [1.165, 1.54) is 22.9 Å². The summed E-state index contributed by atoms with van der Waals surface area (Å²) in [5.74, 6) is 0.293. The van der Waals surface area contributed by atoms with Gasteiger partial charge in [-0.3, -0.25) is 4.79 Å². The lowest BCUT2D eigenvalue weighted by molar-refractivity contribution is -0.398. The SMILES string of the molecule is CC(=O)Nc1cc#[n+]n1-c1nnc(N)s1. The molecular formula is C7H7N6OS+. The van der Waals surface area contributed by atoms with Crippen LogP contribution in [0, 0.1) is 6.20 Å². The van der Waals surface area contributed by atoms with E-state index in [2.05, 4.69) is 26.8 Å². The third-order valence-corrected chi connectivity index (χ3v) is 2.23. The van der Waals surface area contributed by atoms with E-state index < -0.39 is 0 Å². The van der Waals surface area contributed by atoms with Crippen molar-refractivity contribution < 1.29 is 9.89 Å². The third-order valence-electron chi connectivity index (χ3n) is 1.50. The van der Waals surface area contributed by atoms with E-state index in [9.17, 15) is 4.79 Å². The summed E-state index contributed by atoms with van der Waals surface area (Å²) < 4.78 is 1.41. The Morgan fingerprint density at radius 3 is 3.13 bits per heavy atom. The van der Waals surface area contributed by atoms with Crippen molar-refractivity contribution in [2.24, 2.45) is 0 Å². The van der Waals surface area contributed by atoms with Gasteiger partial charge in [-0.1, -0.05) is 11.3 Å². The normalized spacial score (nSPS) is 9.67. The Labute approximate surface area is 88.9 Å². The smallest absolute Gasteiger partial charge is 0.354 e. The minimum atomic E-state index is -0.192. The fraction of sp³-hybridized carbons (Fsp3) is 0.143. The molecule has 0 bridgehead atoms. The summed E-state index contributed by atoms with van der Waals surface area (Å²) in [6, 6.07) is 1.54. The molecule has 2 aromatic rings. The Balaban J connectivity index is 2.36. The van der Waals surface area contributed by atoms with Crippen LogP contribution in [0.25, 0.3) is 5.13 Å². The van der Waals surface area contributed by atoms with Gasteiger partial charge in [-0.2, -0.15) is 0 Å². The molecule has 2 rings (SSSR count). The molecule has 15 heavy (non-hydrogen) atoms. The Bertz CT molecular complexity index is 489. The first kappa shape index (κ1) is 9.42. The predicted molar refractivity (Wildman–Crippen MR) is 52.4 cm³/mol. The molecule has 0 aromatic carbocycles. The van der Waals surface area contributed by atoms with E-state index >= 15 is 0 Å². The number of carbonyl (C=O) groups is 1. The van der Waals surface area contributed by atoms with Gasteiger partial charge in [0.2, 0.25) is 16.9 Å². The molecule has 0 saturated heterocycles. The van der Waals surface area contributed by atoms with Crippen molar-refractivity contribution in [3.05, 3.63) is 12.3 Å². The van der Waals surface area contributed by atoms with E-state index in [0.29, 0.717) is 16.1 Å². The molecule has 0 radical (unpaired) electrons. The number of anilines is 2. The minimum Gasteiger partial charge on any atom is -0.374 e. The highest BCUT2D eigenvalue weighted by molar-refractivity contribution is 7.17. The summed E-state index contributed by atoms with van der Waals surface area (Å²) in [4.78, 5) is 10.9. The maximum Gasteiger partial charge on any atom is 0.354 e. The number of nitrogens with two attached hydrogens (primary N) is 1. The minimum absolute atomic E-state index is 0.192. The van der Waals surface area contributed by atoms with E-state index in [1.807, 2.05) is 0 Å².